The molecule has 6 aromatic rings. The molecule has 0 N–H and O–H groups in total. The van der Waals surface area contributed by atoms with Gasteiger partial charge in [-0.15, -0.1) is 0 Å². The fraction of sp³-hybridized carbons (Fsp3) is 0. The van der Waals surface area contributed by atoms with Crippen LogP contribution in [-0.4, -0.2) is 0 Å². The SMILES string of the molecule is C(=C\[P+](c1ccccc1)(c1ccccc1)c1ccccc1)/[P+](c1ccccc1)(c1ccccc1)c1ccccc1.[Br-].[Br-]. The Hall–Kier alpha value is -3.12. The monoisotopic (exact) mass is 708 g/mol. The first-order valence-corrected chi connectivity index (χ1v) is 17.4. The van der Waals surface area contributed by atoms with Gasteiger partial charge in [-0.05, 0) is 72.8 Å². The van der Waals surface area contributed by atoms with Gasteiger partial charge >= 0.3 is 0 Å². The number of hydrogen-bond donors (Lipinski definition) is 0. The van der Waals surface area contributed by atoms with Crippen molar-refractivity contribution in [3.63, 3.8) is 0 Å². The first-order chi connectivity index (χ1) is 19.8. The van der Waals surface area contributed by atoms with Gasteiger partial charge in [-0.1, -0.05) is 109 Å². The lowest BCUT2D eigenvalue weighted by Gasteiger charge is -2.27. The molecular formula is C38H32Br2P2. The molecule has 0 aliphatic carbocycles. The predicted octanol–water partition coefficient (Wildman–Crippen LogP) is 1.45. The molecule has 0 aliphatic rings. The average molecular weight is 710 g/mol. The zero-order valence-electron chi connectivity index (χ0n) is 23.1. The molecule has 0 atom stereocenters. The number of benzene rings is 6. The molecule has 6 rings (SSSR count). The van der Waals surface area contributed by atoms with Gasteiger partial charge in [0.2, 0.25) is 0 Å². The lowest BCUT2D eigenvalue weighted by molar-refractivity contribution is -0.001000. The molecule has 6 aromatic carbocycles. The molecule has 0 aliphatic heterocycles. The van der Waals surface area contributed by atoms with Gasteiger partial charge in [0.15, 0.2) is 0 Å². The van der Waals surface area contributed by atoms with Crippen LogP contribution in [0.1, 0.15) is 0 Å². The maximum Gasteiger partial charge on any atom is 0.140 e. The van der Waals surface area contributed by atoms with Crippen molar-refractivity contribution >= 4 is 46.4 Å². The van der Waals surface area contributed by atoms with Crippen LogP contribution in [0.2, 0.25) is 0 Å². The summed E-state index contributed by atoms with van der Waals surface area (Å²) in [6.45, 7) is 0. The van der Waals surface area contributed by atoms with Crippen LogP contribution in [0, 0.1) is 0 Å². The van der Waals surface area contributed by atoms with Crippen molar-refractivity contribution in [2.24, 2.45) is 0 Å². The Bertz CT molecular complexity index is 1340. The van der Waals surface area contributed by atoms with Crippen LogP contribution >= 0.6 is 14.5 Å². The standard InChI is InChI=1S/C38H32P2.2BrH/c1-7-19-33(20-8-1)39(34-21-9-2-10-22-34,35-23-11-3-12-24-35)31-32-40(36-25-13-4-14-26-36,37-27-15-5-16-28-37)38-29-17-6-18-30-38;;/h1-32H;2*1H/q+2;;/p-2/b32-31+;;. The van der Waals surface area contributed by atoms with Gasteiger partial charge in [0.05, 0.1) is 0 Å². The summed E-state index contributed by atoms with van der Waals surface area (Å²) in [5, 5.41) is 8.14. The van der Waals surface area contributed by atoms with Crippen LogP contribution in [0.25, 0.3) is 0 Å². The molecule has 0 spiro atoms. The number of halogens is 2. The molecule has 4 heteroatoms. The molecule has 0 radical (unpaired) electrons. The molecule has 0 nitrogen and oxygen atoms in total. The van der Waals surface area contributed by atoms with Gasteiger partial charge in [0.1, 0.15) is 58.0 Å². The highest BCUT2D eigenvalue weighted by Gasteiger charge is 2.49. The summed E-state index contributed by atoms with van der Waals surface area (Å²) in [6.07, 6.45) is 0. The summed E-state index contributed by atoms with van der Waals surface area (Å²) < 4.78 is 0. The Morgan fingerprint density at radius 1 is 0.238 bits per heavy atom. The van der Waals surface area contributed by atoms with Crippen molar-refractivity contribution in [3.8, 4) is 0 Å². The maximum atomic E-state index is 2.60. The van der Waals surface area contributed by atoms with Crippen molar-refractivity contribution < 1.29 is 34.0 Å². The van der Waals surface area contributed by atoms with E-state index in [1.165, 1.54) is 31.8 Å². The van der Waals surface area contributed by atoms with Crippen LogP contribution in [0.15, 0.2) is 194 Å². The van der Waals surface area contributed by atoms with Crippen molar-refractivity contribution in [3.05, 3.63) is 194 Å². The fourth-order valence-corrected chi connectivity index (χ4v) is 13.9. The van der Waals surface area contributed by atoms with Gasteiger partial charge in [0, 0.05) is 0 Å². The van der Waals surface area contributed by atoms with Crippen LogP contribution in [-0.2, 0) is 0 Å². The smallest absolute Gasteiger partial charge is 0.140 e. The Labute approximate surface area is 272 Å². The summed E-state index contributed by atoms with van der Waals surface area (Å²) in [5.41, 5.74) is 0. The highest BCUT2D eigenvalue weighted by Crippen LogP contribution is 2.63. The van der Waals surface area contributed by atoms with Crippen LogP contribution in [0.3, 0.4) is 0 Å². The van der Waals surface area contributed by atoms with E-state index >= 15 is 0 Å². The lowest BCUT2D eigenvalue weighted by Crippen LogP contribution is -3.00. The van der Waals surface area contributed by atoms with E-state index in [1.54, 1.807) is 0 Å². The van der Waals surface area contributed by atoms with Gasteiger partial charge in [-0.2, -0.15) is 0 Å². The van der Waals surface area contributed by atoms with Gasteiger partial charge < -0.3 is 34.0 Å². The van der Waals surface area contributed by atoms with Crippen LogP contribution < -0.4 is 65.8 Å². The lowest BCUT2D eigenvalue weighted by atomic mass is 10.4. The quantitative estimate of drug-likeness (QED) is 0.210. The van der Waals surface area contributed by atoms with E-state index in [-0.39, 0.29) is 34.0 Å². The van der Waals surface area contributed by atoms with E-state index in [1.807, 2.05) is 0 Å². The number of rotatable bonds is 8. The minimum atomic E-state index is -2.16. The Kier molecular flexibility index (Phi) is 11.3. The Morgan fingerprint density at radius 2 is 0.381 bits per heavy atom. The van der Waals surface area contributed by atoms with Crippen molar-refractivity contribution in [1.82, 2.24) is 0 Å². The summed E-state index contributed by atoms with van der Waals surface area (Å²) in [6, 6.07) is 66.6. The molecule has 0 saturated carbocycles. The molecule has 0 heterocycles. The van der Waals surface area contributed by atoms with Crippen molar-refractivity contribution in [2.75, 3.05) is 0 Å². The van der Waals surface area contributed by atoms with Crippen LogP contribution in [0.5, 0.6) is 0 Å². The average Bonchev–Trinajstić information content (AvgIpc) is 3.06. The second-order valence-corrected chi connectivity index (χ2v) is 16.3. The molecule has 0 saturated heterocycles. The van der Waals surface area contributed by atoms with E-state index in [0.717, 1.165) is 0 Å². The molecule has 208 valence electrons. The summed E-state index contributed by atoms with van der Waals surface area (Å²) >= 11 is 0. The normalized spacial score (nSPS) is 11.3. The third-order valence-electron chi connectivity index (χ3n) is 7.49. The molecule has 42 heavy (non-hydrogen) atoms. The summed E-state index contributed by atoms with van der Waals surface area (Å²) in [5.74, 6) is 5.21. The molecule has 0 bridgehead atoms. The largest absolute Gasteiger partial charge is 1.00 e. The van der Waals surface area contributed by atoms with Crippen molar-refractivity contribution in [2.45, 2.75) is 0 Å². The third kappa shape index (κ3) is 6.15. The Morgan fingerprint density at radius 3 is 0.524 bits per heavy atom. The van der Waals surface area contributed by atoms with E-state index in [0.29, 0.717) is 0 Å². The van der Waals surface area contributed by atoms with Gasteiger partial charge in [0.25, 0.3) is 0 Å². The zero-order chi connectivity index (χ0) is 27.1. The van der Waals surface area contributed by atoms with Gasteiger partial charge in [-0.25, -0.2) is 0 Å². The molecule has 0 fully saturated rings. The van der Waals surface area contributed by atoms with E-state index < -0.39 is 14.5 Å². The highest BCUT2D eigenvalue weighted by molar-refractivity contribution is 8.01. The van der Waals surface area contributed by atoms with Crippen LogP contribution in [0.4, 0.5) is 0 Å². The Balaban J connectivity index is 0.00000202. The second kappa shape index (κ2) is 14.9. The third-order valence-corrected chi connectivity index (χ3v) is 15.6. The van der Waals surface area contributed by atoms with Crippen molar-refractivity contribution in [1.29, 1.82) is 0 Å². The minimum Gasteiger partial charge on any atom is -1.00 e. The van der Waals surface area contributed by atoms with Gasteiger partial charge in [-0.3, -0.25) is 0 Å². The summed E-state index contributed by atoms with van der Waals surface area (Å²) in [4.78, 5) is 0. The highest BCUT2D eigenvalue weighted by atomic mass is 79.9. The minimum absolute atomic E-state index is 0. The van der Waals surface area contributed by atoms with E-state index in [2.05, 4.69) is 194 Å². The predicted molar refractivity (Wildman–Crippen MR) is 179 cm³/mol. The first kappa shape index (κ1) is 31.8. The molecular weight excluding hydrogens is 678 g/mol. The topological polar surface area (TPSA) is 0 Å². The molecule has 0 unspecified atom stereocenters. The summed E-state index contributed by atoms with van der Waals surface area (Å²) in [7, 11) is -4.33. The second-order valence-electron chi connectivity index (χ2n) is 9.76. The van der Waals surface area contributed by atoms with E-state index in [4.69, 9.17) is 0 Å². The number of hydrogen-bond acceptors (Lipinski definition) is 0. The zero-order valence-corrected chi connectivity index (χ0v) is 28.1. The van der Waals surface area contributed by atoms with E-state index in [9.17, 15) is 0 Å². The maximum absolute atomic E-state index is 2.60. The molecule has 0 aromatic heterocycles. The fourth-order valence-electron chi connectivity index (χ4n) is 5.59. The molecule has 0 amide bonds. The first-order valence-electron chi connectivity index (χ1n) is 13.7.